The number of hydrogen-bond acceptors (Lipinski definition) is 1. The van der Waals surface area contributed by atoms with Gasteiger partial charge in [0.05, 0.1) is 0 Å². The Kier molecular flexibility index (Phi) is 4.43. The molecule has 0 rings (SSSR count). The topological polar surface area (TPSA) is 23.1 Å². The van der Waals surface area contributed by atoms with Crippen LogP contribution in [0.2, 0.25) is 0 Å². The van der Waals surface area contributed by atoms with Gasteiger partial charge in [-0.1, -0.05) is 20.8 Å². The minimum absolute atomic E-state index is 0. The molecule has 0 aliphatic heterocycles. The first-order valence-electron chi connectivity index (χ1n) is 1.70. The zero-order valence-corrected chi connectivity index (χ0v) is 6.91. The second-order valence-corrected chi connectivity index (χ2v) is 2.11. The maximum atomic E-state index is 10.1. The van der Waals surface area contributed by atoms with Crippen LogP contribution in [0.15, 0.2) is 0 Å². The van der Waals surface area contributed by atoms with Crippen molar-refractivity contribution in [2.45, 2.75) is 26.4 Å². The van der Waals surface area contributed by atoms with Crippen molar-refractivity contribution in [1.82, 2.24) is 0 Å². The fourth-order valence-corrected chi connectivity index (χ4v) is 0. The molecule has 3 radical (unpaired) electrons. The van der Waals surface area contributed by atoms with Gasteiger partial charge in [-0.2, -0.15) is 0 Å². The Balaban J connectivity index is -0.0000000267. The molecule has 2 heteroatoms. The molecule has 1 nitrogen and oxygen atoms in total. The summed E-state index contributed by atoms with van der Waals surface area (Å²) in [4.78, 5) is 0. The predicted molar refractivity (Wildman–Crippen MR) is 29.7 cm³/mol. The summed E-state index contributed by atoms with van der Waals surface area (Å²) in [6.45, 7) is 4.90. The van der Waals surface area contributed by atoms with Crippen molar-refractivity contribution in [3.05, 3.63) is 0 Å². The molecule has 0 aromatic heterocycles. The molecular formula is C4H13GaO-. The van der Waals surface area contributed by atoms with Gasteiger partial charge < -0.3 is 5.11 Å². The van der Waals surface area contributed by atoms with Crippen molar-refractivity contribution in [1.29, 1.82) is 0 Å². The molecule has 0 aromatic rings. The van der Waals surface area contributed by atoms with Crippen molar-refractivity contribution in [3.63, 3.8) is 0 Å². The van der Waals surface area contributed by atoms with Gasteiger partial charge in [-0.15, -0.1) is 5.60 Å². The summed E-state index contributed by atoms with van der Waals surface area (Å²) in [5.41, 5.74) is -0.750. The summed E-state index contributed by atoms with van der Waals surface area (Å²) in [5.74, 6) is 0. The Morgan fingerprint density at radius 3 is 1.33 bits per heavy atom. The third-order valence-corrected chi connectivity index (χ3v) is 0. The Hall–Kier alpha value is 0.596. The summed E-state index contributed by atoms with van der Waals surface area (Å²) in [6.07, 6.45) is 0. The van der Waals surface area contributed by atoms with Gasteiger partial charge in [0.1, 0.15) is 0 Å². The van der Waals surface area contributed by atoms with Crippen molar-refractivity contribution in [2.24, 2.45) is 0 Å². The van der Waals surface area contributed by atoms with Crippen molar-refractivity contribution in [3.8, 4) is 0 Å². The average molecular weight is 147 g/mol. The molecule has 0 unspecified atom stereocenters. The molecule has 39 valence electrons. The van der Waals surface area contributed by atoms with E-state index in [1.165, 1.54) is 0 Å². The Morgan fingerprint density at radius 2 is 1.33 bits per heavy atom. The Bertz CT molecular complexity index is 29.5. The van der Waals surface area contributed by atoms with E-state index in [-0.39, 0.29) is 22.6 Å². The van der Waals surface area contributed by atoms with Gasteiger partial charge in [0, 0.05) is 22.6 Å². The third kappa shape index (κ3) is 167. The van der Waals surface area contributed by atoms with Gasteiger partial charge in [0.2, 0.25) is 0 Å². The van der Waals surface area contributed by atoms with Gasteiger partial charge in [0.15, 0.2) is 0 Å². The maximum absolute atomic E-state index is 10.1. The molecule has 0 amide bonds. The van der Waals surface area contributed by atoms with E-state index in [4.69, 9.17) is 0 Å². The zero-order chi connectivity index (χ0) is 4.50. The maximum Gasteiger partial charge on any atom is 0 e. The largest absolute Gasteiger partial charge is 0.850 e. The second-order valence-electron chi connectivity index (χ2n) is 2.11. The first kappa shape index (κ1) is 9.78. The first-order chi connectivity index (χ1) is 2.00. The van der Waals surface area contributed by atoms with Crippen LogP contribution in [0.3, 0.4) is 0 Å². The minimum atomic E-state index is -0.750. The molecule has 0 aromatic carbocycles. The van der Waals surface area contributed by atoms with Crippen LogP contribution in [-0.2, 0) is 0 Å². The van der Waals surface area contributed by atoms with E-state index in [9.17, 15) is 5.11 Å². The van der Waals surface area contributed by atoms with Crippen molar-refractivity contribution >= 4 is 19.8 Å². The summed E-state index contributed by atoms with van der Waals surface area (Å²) >= 11 is 0. The van der Waals surface area contributed by atoms with E-state index >= 15 is 0 Å². The van der Waals surface area contributed by atoms with E-state index in [0.29, 0.717) is 0 Å². The number of hydrogen-bond donors (Lipinski definition) is 0. The fourth-order valence-electron chi connectivity index (χ4n) is 0. The average Bonchev–Trinajstić information content (AvgIpc) is 0.722. The van der Waals surface area contributed by atoms with Gasteiger partial charge in [0.25, 0.3) is 0 Å². The van der Waals surface area contributed by atoms with E-state index in [1.54, 1.807) is 20.8 Å². The molecule has 6 heavy (non-hydrogen) atoms. The Labute approximate surface area is 54.8 Å². The van der Waals surface area contributed by atoms with Crippen LogP contribution < -0.4 is 5.11 Å². The minimum Gasteiger partial charge on any atom is -0.850 e. The SMILES string of the molecule is CC(C)(C)[O-].[Ga].[HH].[HH]. The summed E-state index contributed by atoms with van der Waals surface area (Å²) < 4.78 is 0. The third-order valence-electron chi connectivity index (χ3n) is 0. The van der Waals surface area contributed by atoms with E-state index in [0.717, 1.165) is 0 Å². The molecule has 0 heterocycles. The quantitative estimate of drug-likeness (QED) is 0.450. The molecule has 0 N–H and O–H groups in total. The molecular weight excluding hydrogens is 134 g/mol. The van der Waals surface area contributed by atoms with E-state index in [1.807, 2.05) is 0 Å². The zero-order valence-electron chi connectivity index (χ0n) is 4.49. The predicted octanol–water partition coefficient (Wildman–Crippen LogP) is 0.256. The van der Waals surface area contributed by atoms with Gasteiger partial charge in [-0.25, -0.2) is 0 Å². The molecule has 0 bridgehead atoms. The second kappa shape index (κ2) is 2.72. The normalized spacial score (nSPS) is 10.0. The van der Waals surface area contributed by atoms with Crippen LogP contribution in [-0.4, -0.2) is 25.4 Å². The van der Waals surface area contributed by atoms with E-state index < -0.39 is 5.60 Å². The van der Waals surface area contributed by atoms with Crippen LogP contribution >= 0.6 is 0 Å². The van der Waals surface area contributed by atoms with Crippen molar-refractivity contribution in [2.75, 3.05) is 0 Å². The monoisotopic (exact) mass is 146 g/mol. The first-order valence-corrected chi connectivity index (χ1v) is 1.70. The molecule has 0 fully saturated rings. The smallest absolute Gasteiger partial charge is 0 e. The van der Waals surface area contributed by atoms with Crippen LogP contribution in [0.5, 0.6) is 0 Å². The molecule has 0 aliphatic carbocycles. The van der Waals surface area contributed by atoms with Gasteiger partial charge >= 0.3 is 0 Å². The molecule has 0 saturated heterocycles. The standard InChI is InChI=1S/C4H9O.Ga.2H2/c1-4(2,3)5;;;/h1-3H3;;2*1H/q-1;;;. The fraction of sp³-hybridized carbons (Fsp3) is 1.00. The van der Waals surface area contributed by atoms with Crippen molar-refractivity contribution < 1.29 is 7.96 Å². The summed E-state index contributed by atoms with van der Waals surface area (Å²) in [7, 11) is 0. The van der Waals surface area contributed by atoms with Crippen LogP contribution in [0.25, 0.3) is 0 Å². The van der Waals surface area contributed by atoms with Crippen LogP contribution in [0.1, 0.15) is 23.6 Å². The van der Waals surface area contributed by atoms with Gasteiger partial charge in [-0.05, 0) is 0 Å². The van der Waals surface area contributed by atoms with E-state index in [2.05, 4.69) is 0 Å². The van der Waals surface area contributed by atoms with Crippen LogP contribution in [0.4, 0.5) is 0 Å². The molecule has 0 aliphatic rings. The summed E-state index contributed by atoms with van der Waals surface area (Å²) in [5, 5.41) is 10.1. The summed E-state index contributed by atoms with van der Waals surface area (Å²) in [6, 6.07) is 0. The molecule has 0 spiro atoms. The molecule has 0 atom stereocenters. The van der Waals surface area contributed by atoms with Gasteiger partial charge in [-0.3, -0.25) is 0 Å². The number of rotatable bonds is 0. The molecule has 0 saturated carbocycles. The van der Waals surface area contributed by atoms with Crippen LogP contribution in [0, 0.1) is 0 Å². The Morgan fingerprint density at radius 1 is 1.33 bits per heavy atom.